The Bertz CT molecular complexity index is 323. The largest absolute Gasteiger partial charge is 0.292 e. The maximum absolute atomic E-state index is 11.6. The fraction of sp³-hybridized carbons (Fsp3) is 0.667. The maximum Gasteiger partial charge on any atom is 0.180 e. The van der Waals surface area contributed by atoms with Gasteiger partial charge in [0.1, 0.15) is 6.54 Å². The third kappa shape index (κ3) is 1.54. The molecule has 0 aromatic heterocycles. The molecule has 0 N–H and O–H groups in total. The van der Waals surface area contributed by atoms with Gasteiger partial charge in [-0.15, -0.1) is 0 Å². The normalized spacial score (nSPS) is 22.5. The van der Waals surface area contributed by atoms with Crippen LogP contribution in [-0.4, -0.2) is 18.0 Å². The first-order valence-corrected chi connectivity index (χ1v) is 5.50. The monoisotopic (exact) mass is 191 g/mol. The summed E-state index contributed by atoms with van der Waals surface area (Å²) in [6.07, 6.45) is 4.45. The number of aliphatic imine (C=N–C) groups is 1. The lowest BCUT2D eigenvalue weighted by atomic mass is 9.82. The van der Waals surface area contributed by atoms with Crippen LogP contribution >= 0.6 is 0 Å². The minimum Gasteiger partial charge on any atom is -0.292 e. The molecule has 2 rings (SSSR count). The van der Waals surface area contributed by atoms with Crippen LogP contribution in [0.5, 0.6) is 0 Å². The summed E-state index contributed by atoms with van der Waals surface area (Å²) in [4.78, 5) is 16.0. The van der Waals surface area contributed by atoms with Crippen molar-refractivity contribution in [1.82, 2.24) is 0 Å². The average Bonchev–Trinajstić information content (AvgIpc) is 2.18. The molecule has 2 heteroatoms. The minimum atomic E-state index is 0.268. The van der Waals surface area contributed by atoms with E-state index in [1.165, 1.54) is 24.1 Å². The van der Waals surface area contributed by atoms with Gasteiger partial charge in [0.2, 0.25) is 0 Å². The van der Waals surface area contributed by atoms with Gasteiger partial charge in [-0.25, -0.2) is 0 Å². The van der Waals surface area contributed by atoms with E-state index in [4.69, 9.17) is 0 Å². The number of carbonyl (C=O) groups excluding carboxylic acids is 1. The van der Waals surface area contributed by atoms with Gasteiger partial charge >= 0.3 is 0 Å². The predicted octanol–water partition coefficient (Wildman–Crippen LogP) is 2.54. The van der Waals surface area contributed by atoms with E-state index in [1.807, 2.05) is 0 Å². The van der Waals surface area contributed by atoms with Crippen molar-refractivity contribution in [2.45, 2.75) is 39.5 Å². The highest BCUT2D eigenvalue weighted by Crippen LogP contribution is 2.30. The number of nitrogens with zero attached hydrogens (tertiary/aromatic N) is 1. The topological polar surface area (TPSA) is 29.4 Å². The molecule has 1 aliphatic carbocycles. The van der Waals surface area contributed by atoms with Crippen LogP contribution in [0.2, 0.25) is 0 Å². The van der Waals surface area contributed by atoms with E-state index in [2.05, 4.69) is 18.8 Å². The number of carbonyl (C=O) groups is 1. The molecule has 0 saturated carbocycles. The molecule has 0 fully saturated rings. The standard InChI is InChI=1S/C12H17NO/c1-8(2)12-10-6-4-3-5-9(10)11(14)7-13-12/h8H,3-7H2,1-2H3. The highest BCUT2D eigenvalue weighted by atomic mass is 16.1. The van der Waals surface area contributed by atoms with Crippen LogP contribution in [0.1, 0.15) is 39.5 Å². The molecule has 2 nitrogen and oxygen atoms in total. The van der Waals surface area contributed by atoms with Gasteiger partial charge in [0.15, 0.2) is 5.78 Å². The fourth-order valence-corrected chi connectivity index (χ4v) is 2.37. The molecule has 1 aliphatic heterocycles. The third-order valence-electron chi connectivity index (χ3n) is 3.05. The van der Waals surface area contributed by atoms with Crippen molar-refractivity contribution in [2.24, 2.45) is 10.9 Å². The molecule has 14 heavy (non-hydrogen) atoms. The second kappa shape index (κ2) is 3.68. The van der Waals surface area contributed by atoms with Gasteiger partial charge in [-0.1, -0.05) is 13.8 Å². The van der Waals surface area contributed by atoms with Crippen LogP contribution in [0.4, 0.5) is 0 Å². The van der Waals surface area contributed by atoms with E-state index in [0.29, 0.717) is 12.5 Å². The van der Waals surface area contributed by atoms with E-state index in [-0.39, 0.29) is 5.78 Å². The molecule has 2 aliphatic rings. The first-order valence-electron chi connectivity index (χ1n) is 5.50. The first-order chi connectivity index (χ1) is 6.70. The van der Waals surface area contributed by atoms with Crippen molar-refractivity contribution >= 4 is 11.5 Å². The smallest absolute Gasteiger partial charge is 0.180 e. The van der Waals surface area contributed by atoms with Crippen molar-refractivity contribution in [3.8, 4) is 0 Å². The Kier molecular flexibility index (Phi) is 2.53. The molecule has 0 unspecified atom stereocenters. The lowest BCUT2D eigenvalue weighted by Crippen LogP contribution is -2.26. The molecule has 0 saturated heterocycles. The number of allylic oxidation sites excluding steroid dienone is 1. The van der Waals surface area contributed by atoms with Crippen molar-refractivity contribution < 1.29 is 4.79 Å². The number of hydrogen-bond acceptors (Lipinski definition) is 2. The zero-order chi connectivity index (χ0) is 10.1. The molecule has 1 heterocycles. The molecule has 0 aromatic rings. The van der Waals surface area contributed by atoms with Gasteiger partial charge in [-0.05, 0) is 37.2 Å². The third-order valence-corrected chi connectivity index (χ3v) is 3.05. The van der Waals surface area contributed by atoms with E-state index in [1.54, 1.807) is 0 Å². The van der Waals surface area contributed by atoms with Gasteiger partial charge in [0, 0.05) is 11.3 Å². The van der Waals surface area contributed by atoms with Gasteiger partial charge in [0.25, 0.3) is 0 Å². The fourth-order valence-electron chi connectivity index (χ4n) is 2.37. The van der Waals surface area contributed by atoms with Crippen molar-refractivity contribution in [2.75, 3.05) is 6.54 Å². The number of Topliss-reactive ketones (excluding diaryl/α,β-unsaturated/α-hetero) is 1. The highest BCUT2D eigenvalue weighted by Gasteiger charge is 2.26. The van der Waals surface area contributed by atoms with Crippen LogP contribution in [0.3, 0.4) is 0 Å². The summed E-state index contributed by atoms with van der Waals surface area (Å²) in [7, 11) is 0. The van der Waals surface area contributed by atoms with Gasteiger partial charge < -0.3 is 0 Å². The Hall–Kier alpha value is -0.920. The molecule has 0 spiro atoms. The van der Waals surface area contributed by atoms with Crippen molar-refractivity contribution in [3.05, 3.63) is 11.1 Å². The molecule has 0 bridgehead atoms. The number of hydrogen-bond donors (Lipinski definition) is 0. The lowest BCUT2D eigenvalue weighted by molar-refractivity contribution is -0.114. The van der Waals surface area contributed by atoms with Crippen molar-refractivity contribution in [1.29, 1.82) is 0 Å². The Morgan fingerprint density at radius 3 is 2.43 bits per heavy atom. The SMILES string of the molecule is CC(C)C1=NCC(=O)C2=C1CCCC2. The van der Waals surface area contributed by atoms with Gasteiger partial charge in [-0.3, -0.25) is 9.79 Å². The average molecular weight is 191 g/mol. The molecule has 76 valence electrons. The Labute approximate surface area is 85.1 Å². The first kappa shape index (κ1) is 9.63. The second-order valence-corrected chi connectivity index (χ2v) is 4.44. The predicted molar refractivity (Wildman–Crippen MR) is 57.6 cm³/mol. The zero-order valence-electron chi connectivity index (χ0n) is 8.97. The van der Waals surface area contributed by atoms with E-state index in [0.717, 1.165) is 18.4 Å². The van der Waals surface area contributed by atoms with Gasteiger partial charge in [0.05, 0.1) is 0 Å². The van der Waals surface area contributed by atoms with E-state index >= 15 is 0 Å². The number of ketones is 1. The quantitative estimate of drug-likeness (QED) is 0.626. The molecule has 0 atom stereocenters. The maximum atomic E-state index is 11.6. The molecular formula is C12H17NO. The lowest BCUT2D eigenvalue weighted by Gasteiger charge is -2.26. The summed E-state index contributed by atoms with van der Waals surface area (Å²) in [6.45, 7) is 4.72. The van der Waals surface area contributed by atoms with Crippen molar-refractivity contribution in [3.63, 3.8) is 0 Å². The van der Waals surface area contributed by atoms with Crippen LogP contribution < -0.4 is 0 Å². The van der Waals surface area contributed by atoms with E-state index < -0.39 is 0 Å². The van der Waals surface area contributed by atoms with Gasteiger partial charge in [-0.2, -0.15) is 0 Å². The Morgan fingerprint density at radius 1 is 1.14 bits per heavy atom. The molecule has 0 aromatic carbocycles. The van der Waals surface area contributed by atoms with Crippen LogP contribution in [0, 0.1) is 5.92 Å². The summed E-state index contributed by atoms with van der Waals surface area (Å²) in [6, 6.07) is 0. The number of dihydropyridines is 1. The summed E-state index contributed by atoms with van der Waals surface area (Å²) >= 11 is 0. The summed E-state index contributed by atoms with van der Waals surface area (Å²) < 4.78 is 0. The van der Waals surface area contributed by atoms with Crippen LogP contribution in [0.25, 0.3) is 0 Å². The molecular weight excluding hydrogens is 174 g/mol. The van der Waals surface area contributed by atoms with Crippen LogP contribution in [-0.2, 0) is 4.79 Å². The Balaban J connectivity index is 2.38. The summed E-state index contributed by atoms with van der Waals surface area (Å²) in [5.74, 6) is 0.732. The molecule has 0 amide bonds. The summed E-state index contributed by atoms with van der Waals surface area (Å²) in [5.41, 5.74) is 3.57. The van der Waals surface area contributed by atoms with E-state index in [9.17, 15) is 4.79 Å². The summed E-state index contributed by atoms with van der Waals surface area (Å²) in [5, 5.41) is 0. The zero-order valence-corrected chi connectivity index (χ0v) is 8.97. The molecule has 0 radical (unpaired) electrons. The van der Waals surface area contributed by atoms with Crippen LogP contribution in [0.15, 0.2) is 16.1 Å². The number of rotatable bonds is 1. The second-order valence-electron chi connectivity index (χ2n) is 4.44. The Morgan fingerprint density at radius 2 is 1.79 bits per heavy atom. The minimum absolute atomic E-state index is 0.268. The highest BCUT2D eigenvalue weighted by molar-refractivity contribution is 6.13.